The number of sulfonamides is 1. The van der Waals surface area contributed by atoms with Gasteiger partial charge in [0.1, 0.15) is 0 Å². The molecule has 19 heavy (non-hydrogen) atoms. The van der Waals surface area contributed by atoms with Gasteiger partial charge in [-0.3, -0.25) is 0 Å². The Morgan fingerprint density at radius 2 is 2.21 bits per heavy atom. The number of benzene rings is 1. The molecule has 0 spiro atoms. The number of anilines is 1. The number of rotatable bonds is 3. The van der Waals surface area contributed by atoms with Crippen LogP contribution < -0.4 is 10.5 Å². The first-order valence-corrected chi connectivity index (χ1v) is 9.06. The third-order valence-electron chi connectivity index (χ3n) is 3.21. The molecule has 0 aliphatic carbocycles. The van der Waals surface area contributed by atoms with Crippen molar-refractivity contribution in [2.75, 3.05) is 11.1 Å². The van der Waals surface area contributed by atoms with E-state index in [0.717, 1.165) is 12.8 Å². The van der Waals surface area contributed by atoms with Gasteiger partial charge >= 0.3 is 0 Å². The Balaban J connectivity index is 2.24. The van der Waals surface area contributed by atoms with Crippen molar-refractivity contribution in [3.63, 3.8) is 0 Å². The average Bonchev–Trinajstić information content (AvgIpc) is 2.33. The standard InChI is InChI=1S/C12H17ClN2O2S2/c1-8-11(3-2-6-18-8)15-12-7-9(19(14,16)17)4-5-10(12)13/h4-5,7-8,11,15H,2-3,6H2,1H3,(H2,14,16,17). The number of halogens is 1. The van der Waals surface area contributed by atoms with Crippen LogP contribution in [0.1, 0.15) is 19.8 Å². The summed E-state index contributed by atoms with van der Waals surface area (Å²) in [6.07, 6.45) is 2.21. The fourth-order valence-corrected chi connectivity index (χ4v) is 3.96. The Morgan fingerprint density at radius 3 is 2.84 bits per heavy atom. The van der Waals surface area contributed by atoms with E-state index in [4.69, 9.17) is 16.7 Å². The average molecular weight is 321 g/mol. The number of nitrogens with two attached hydrogens (primary N) is 1. The molecule has 1 aromatic rings. The van der Waals surface area contributed by atoms with Gasteiger partial charge in [-0.05, 0) is 36.8 Å². The molecule has 1 aliphatic heterocycles. The highest BCUT2D eigenvalue weighted by atomic mass is 35.5. The minimum atomic E-state index is -3.70. The van der Waals surface area contributed by atoms with Gasteiger partial charge in [0.05, 0.1) is 15.6 Å². The second-order valence-electron chi connectivity index (χ2n) is 4.66. The van der Waals surface area contributed by atoms with Crippen LogP contribution in [0.5, 0.6) is 0 Å². The topological polar surface area (TPSA) is 72.2 Å². The van der Waals surface area contributed by atoms with E-state index < -0.39 is 10.0 Å². The summed E-state index contributed by atoms with van der Waals surface area (Å²) < 4.78 is 22.7. The van der Waals surface area contributed by atoms with Crippen LogP contribution in [0.4, 0.5) is 5.69 Å². The van der Waals surface area contributed by atoms with Crippen LogP contribution in [0.15, 0.2) is 23.1 Å². The molecule has 0 bridgehead atoms. The normalized spacial score (nSPS) is 24.2. The lowest BCUT2D eigenvalue weighted by Crippen LogP contribution is -2.32. The molecule has 1 aromatic carbocycles. The highest BCUT2D eigenvalue weighted by Crippen LogP contribution is 2.31. The Morgan fingerprint density at radius 1 is 1.47 bits per heavy atom. The molecule has 2 atom stereocenters. The van der Waals surface area contributed by atoms with Crippen molar-refractivity contribution in [3.8, 4) is 0 Å². The van der Waals surface area contributed by atoms with E-state index in [1.54, 1.807) is 6.07 Å². The number of hydrogen-bond donors (Lipinski definition) is 2. The first-order chi connectivity index (χ1) is 8.88. The molecule has 106 valence electrons. The zero-order valence-electron chi connectivity index (χ0n) is 10.6. The zero-order chi connectivity index (χ0) is 14.0. The van der Waals surface area contributed by atoms with E-state index in [2.05, 4.69) is 12.2 Å². The summed E-state index contributed by atoms with van der Waals surface area (Å²) in [6, 6.07) is 4.78. The van der Waals surface area contributed by atoms with Crippen molar-refractivity contribution in [1.82, 2.24) is 0 Å². The second-order valence-corrected chi connectivity index (χ2v) is 8.11. The summed E-state index contributed by atoms with van der Waals surface area (Å²) in [4.78, 5) is 0.0792. The number of hydrogen-bond acceptors (Lipinski definition) is 4. The molecule has 0 amide bonds. The number of nitrogens with one attached hydrogen (secondary N) is 1. The SMILES string of the molecule is CC1SCCCC1Nc1cc(S(N)(=O)=O)ccc1Cl. The van der Waals surface area contributed by atoms with Crippen molar-refractivity contribution in [2.45, 2.75) is 36.0 Å². The maximum Gasteiger partial charge on any atom is 0.238 e. The summed E-state index contributed by atoms with van der Waals surface area (Å²) in [7, 11) is -3.70. The third kappa shape index (κ3) is 3.78. The summed E-state index contributed by atoms with van der Waals surface area (Å²) in [5.74, 6) is 1.17. The van der Waals surface area contributed by atoms with E-state index in [9.17, 15) is 8.42 Å². The fourth-order valence-electron chi connectivity index (χ4n) is 2.10. The minimum absolute atomic E-state index is 0.0792. The molecule has 2 unspecified atom stereocenters. The van der Waals surface area contributed by atoms with Crippen LogP contribution in [0.2, 0.25) is 5.02 Å². The van der Waals surface area contributed by atoms with Gasteiger partial charge in [0.15, 0.2) is 0 Å². The van der Waals surface area contributed by atoms with E-state index in [0.29, 0.717) is 22.0 Å². The molecular formula is C12H17ClN2O2S2. The van der Waals surface area contributed by atoms with Crippen molar-refractivity contribution in [2.24, 2.45) is 5.14 Å². The van der Waals surface area contributed by atoms with Crippen molar-refractivity contribution >= 4 is 39.1 Å². The van der Waals surface area contributed by atoms with Gasteiger partial charge in [-0.1, -0.05) is 18.5 Å². The molecule has 1 fully saturated rings. The predicted octanol–water partition coefficient (Wildman–Crippen LogP) is 2.68. The highest BCUT2D eigenvalue weighted by Gasteiger charge is 2.22. The third-order valence-corrected chi connectivity index (χ3v) is 5.83. The summed E-state index contributed by atoms with van der Waals surface area (Å²) >= 11 is 8.02. The van der Waals surface area contributed by atoms with E-state index in [1.807, 2.05) is 11.8 Å². The van der Waals surface area contributed by atoms with Gasteiger partial charge in [0.2, 0.25) is 10.0 Å². The van der Waals surface area contributed by atoms with Gasteiger partial charge in [0, 0.05) is 11.3 Å². The lowest BCUT2D eigenvalue weighted by Gasteiger charge is -2.30. The molecule has 1 heterocycles. The summed E-state index contributed by atoms with van der Waals surface area (Å²) in [5, 5.41) is 9.46. The highest BCUT2D eigenvalue weighted by molar-refractivity contribution is 8.00. The van der Waals surface area contributed by atoms with Crippen LogP contribution in [0, 0.1) is 0 Å². The molecule has 3 N–H and O–H groups in total. The predicted molar refractivity (Wildman–Crippen MR) is 81.4 cm³/mol. The van der Waals surface area contributed by atoms with Gasteiger partial charge in [-0.15, -0.1) is 0 Å². The molecule has 2 rings (SSSR count). The Kier molecular flexibility index (Phi) is 4.66. The Hall–Kier alpha value is -0.430. The second kappa shape index (κ2) is 5.91. The lowest BCUT2D eigenvalue weighted by molar-refractivity contribution is 0.597. The molecular weight excluding hydrogens is 304 g/mol. The molecule has 0 saturated carbocycles. The van der Waals surface area contributed by atoms with Crippen molar-refractivity contribution < 1.29 is 8.42 Å². The van der Waals surface area contributed by atoms with E-state index in [1.165, 1.54) is 17.9 Å². The van der Waals surface area contributed by atoms with Crippen LogP contribution >= 0.6 is 23.4 Å². The Labute approximate surface area is 123 Å². The molecule has 0 aromatic heterocycles. The van der Waals surface area contributed by atoms with Crippen LogP contribution in [-0.2, 0) is 10.0 Å². The van der Waals surface area contributed by atoms with E-state index >= 15 is 0 Å². The van der Waals surface area contributed by atoms with Crippen LogP contribution in [0.25, 0.3) is 0 Å². The summed E-state index contributed by atoms with van der Waals surface area (Å²) in [5.41, 5.74) is 0.632. The maximum atomic E-state index is 11.4. The quantitative estimate of drug-likeness (QED) is 0.898. The van der Waals surface area contributed by atoms with Crippen LogP contribution in [0.3, 0.4) is 0 Å². The van der Waals surface area contributed by atoms with Gasteiger partial charge < -0.3 is 5.32 Å². The zero-order valence-corrected chi connectivity index (χ0v) is 13.0. The molecule has 7 heteroatoms. The molecule has 4 nitrogen and oxygen atoms in total. The maximum absolute atomic E-state index is 11.4. The molecule has 1 saturated heterocycles. The largest absolute Gasteiger partial charge is 0.380 e. The number of thioether (sulfide) groups is 1. The van der Waals surface area contributed by atoms with Gasteiger partial charge in [0.25, 0.3) is 0 Å². The molecule has 0 radical (unpaired) electrons. The minimum Gasteiger partial charge on any atom is -0.380 e. The monoisotopic (exact) mass is 320 g/mol. The first-order valence-electron chi connectivity index (χ1n) is 6.08. The van der Waals surface area contributed by atoms with Gasteiger partial charge in [-0.2, -0.15) is 11.8 Å². The summed E-state index contributed by atoms with van der Waals surface area (Å²) in [6.45, 7) is 2.17. The van der Waals surface area contributed by atoms with Gasteiger partial charge in [-0.25, -0.2) is 13.6 Å². The lowest BCUT2D eigenvalue weighted by atomic mass is 10.1. The van der Waals surface area contributed by atoms with Crippen molar-refractivity contribution in [1.29, 1.82) is 0 Å². The fraction of sp³-hybridized carbons (Fsp3) is 0.500. The van der Waals surface area contributed by atoms with Crippen LogP contribution in [-0.4, -0.2) is 25.5 Å². The Bertz CT molecular complexity index is 563. The van der Waals surface area contributed by atoms with E-state index in [-0.39, 0.29) is 4.90 Å². The van der Waals surface area contributed by atoms with Crippen molar-refractivity contribution in [3.05, 3.63) is 23.2 Å². The first kappa shape index (κ1) is 15.0. The smallest absolute Gasteiger partial charge is 0.238 e. The molecule has 1 aliphatic rings. The number of primary sulfonamides is 1.